The number of anilines is 2. The van der Waals surface area contributed by atoms with Crippen molar-refractivity contribution in [3.05, 3.63) is 53.2 Å². The third-order valence-corrected chi connectivity index (χ3v) is 3.16. The molecule has 1 heterocycles. The standard InChI is InChI=1S/C16H21N3/c1-3-4-13-5-7-14(8-6-13)11-18-16-10-9-15(17)12(2)19-16/h5-10H,3-4,11,17H2,1-2H3,(H,18,19). The average molecular weight is 255 g/mol. The minimum absolute atomic E-state index is 0.731. The van der Waals surface area contributed by atoms with Crippen LogP contribution in [0.15, 0.2) is 36.4 Å². The van der Waals surface area contributed by atoms with Crippen LogP contribution in [0.3, 0.4) is 0 Å². The Morgan fingerprint density at radius 1 is 1.05 bits per heavy atom. The summed E-state index contributed by atoms with van der Waals surface area (Å²) in [5.41, 5.74) is 10.0. The number of hydrogen-bond acceptors (Lipinski definition) is 3. The SMILES string of the molecule is CCCc1ccc(CNc2ccc(N)c(C)n2)cc1. The van der Waals surface area contributed by atoms with E-state index in [4.69, 9.17) is 5.73 Å². The summed E-state index contributed by atoms with van der Waals surface area (Å²) < 4.78 is 0. The van der Waals surface area contributed by atoms with E-state index in [-0.39, 0.29) is 0 Å². The van der Waals surface area contributed by atoms with Crippen molar-refractivity contribution < 1.29 is 0 Å². The number of nitrogens with two attached hydrogens (primary N) is 1. The maximum atomic E-state index is 5.75. The van der Waals surface area contributed by atoms with Gasteiger partial charge in [0.15, 0.2) is 0 Å². The molecular formula is C16H21N3. The molecule has 0 unspecified atom stereocenters. The number of hydrogen-bond donors (Lipinski definition) is 2. The highest BCUT2D eigenvalue weighted by molar-refractivity contribution is 5.49. The number of benzene rings is 1. The number of aryl methyl sites for hydroxylation is 2. The number of nitrogens with one attached hydrogen (secondary N) is 1. The molecule has 0 fully saturated rings. The molecule has 100 valence electrons. The molecule has 0 bridgehead atoms. The van der Waals surface area contributed by atoms with Crippen molar-refractivity contribution in [2.75, 3.05) is 11.1 Å². The predicted molar refractivity (Wildman–Crippen MR) is 81.2 cm³/mol. The Hall–Kier alpha value is -2.03. The maximum absolute atomic E-state index is 5.75. The molecule has 1 aromatic heterocycles. The normalized spacial score (nSPS) is 10.4. The second kappa shape index (κ2) is 6.23. The van der Waals surface area contributed by atoms with Crippen molar-refractivity contribution in [3.8, 4) is 0 Å². The minimum Gasteiger partial charge on any atom is -0.397 e. The van der Waals surface area contributed by atoms with Gasteiger partial charge in [-0.15, -0.1) is 0 Å². The van der Waals surface area contributed by atoms with Gasteiger partial charge in [0.05, 0.1) is 11.4 Å². The molecule has 0 aliphatic carbocycles. The van der Waals surface area contributed by atoms with Gasteiger partial charge in [0.25, 0.3) is 0 Å². The summed E-state index contributed by atoms with van der Waals surface area (Å²) in [6.07, 6.45) is 2.33. The first-order chi connectivity index (χ1) is 9.19. The lowest BCUT2D eigenvalue weighted by Crippen LogP contribution is -2.03. The Morgan fingerprint density at radius 3 is 2.37 bits per heavy atom. The number of aromatic nitrogens is 1. The average Bonchev–Trinajstić information content (AvgIpc) is 2.42. The molecule has 2 rings (SSSR count). The third-order valence-electron chi connectivity index (χ3n) is 3.16. The second-order valence-electron chi connectivity index (χ2n) is 4.79. The lowest BCUT2D eigenvalue weighted by molar-refractivity contribution is 0.920. The van der Waals surface area contributed by atoms with Gasteiger partial charge in [-0.1, -0.05) is 37.6 Å². The van der Waals surface area contributed by atoms with Gasteiger partial charge in [-0.05, 0) is 36.6 Å². The molecule has 1 aromatic carbocycles. The van der Waals surface area contributed by atoms with E-state index in [0.29, 0.717) is 0 Å². The lowest BCUT2D eigenvalue weighted by atomic mass is 10.1. The molecule has 3 nitrogen and oxygen atoms in total. The molecule has 0 radical (unpaired) electrons. The summed E-state index contributed by atoms with van der Waals surface area (Å²) in [5, 5.41) is 3.31. The van der Waals surface area contributed by atoms with Gasteiger partial charge in [-0.25, -0.2) is 4.98 Å². The van der Waals surface area contributed by atoms with Crippen LogP contribution in [0.5, 0.6) is 0 Å². The summed E-state index contributed by atoms with van der Waals surface area (Å²) in [7, 11) is 0. The molecule has 0 saturated carbocycles. The number of rotatable bonds is 5. The predicted octanol–water partition coefficient (Wildman–Crippen LogP) is 3.54. The minimum atomic E-state index is 0.731. The summed E-state index contributed by atoms with van der Waals surface area (Å²) in [6.45, 7) is 4.90. The molecule has 0 atom stereocenters. The van der Waals surface area contributed by atoms with E-state index < -0.39 is 0 Å². The monoisotopic (exact) mass is 255 g/mol. The zero-order valence-electron chi connectivity index (χ0n) is 11.6. The molecule has 19 heavy (non-hydrogen) atoms. The highest BCUT2D eigenvalue weighted by Gasteiger charge is 1.99. The van der Waals surface area contributed by atoms with E-state index in [1.54, 1.807) is 0 Å². The molecule has 2 aromatic rings. The van der Waals surface area contributed by atoms with E-state index in [0.717, 1.165) is 30.2 Å². The van der Waals surface area contributed by atoms with Crippen LogP contribution in [0.4, 0.5) is 11.5 Å². The highest BCUT2D eigenvalue weighted by atomic mass is 15.0. The maximum Gasteiger partial charge on any atom is 0.126 e. The number of nitrogens with zero attached hydrogens (tertiary/aromatic N) is 1. The van der Waals surface area contributed by atoms with Crippen molar-refractivity contribution in [3.63, 3.8) is 0 Å². The van der Waals surface area contributed by atoms with Crippen molar-refractivity contribution in [2.24, 2.45) is 0 Å². The Bertz CT molecular complexity index is 532. The quantitative estimate of drug-likeness (QED) is 0.859. The second-order valence-corrected chi connectivity index (χ2v) is 4.79. The van der Waals surface area contributed by atoms with Gasteiger partial charge in [0.2, 0.25) is 0 Å². The van der Waals surface area contributed by atoms with Gasteiger partial charge in [-0.2, -0.15) is 0 Å². The summed E-state index contributed by atoms with van der Waals surface area (Å²) in [4.78, 5) is 4.40. The van der Waals surface area contributed by atoms with Gasteiger partial charge < -0.3 is 11.1 Å². The molecule has 0 aliphatic heterocycles. The van der Waals surface area contributed by atoms with Crippen LogP contribution in [0.2, 0.25) is 0 Å². The van der Waals surface area contributed by atoms with Gasteiger partial charge in [0, 0.05) is 6.54 Å². The summed E-state index contributed by atoms with van der Waals surface area (Å²) >= 11 is 0. The number of nitrogen functional groups attached to an aromatic ring is 1. The first-order valence-electron chi connectivity index (χ1n) is 6.74. The molecule has 0 amide bonds. The van der Waals surface area contributed by atoms with E-state index in [9.17, 15) is 0 Å². The van der Waals surface area contributed by atoms with Crippen LogP contribution >= 0.6 is 0 Å². The van der Waals surface area contributed by atoms with Crippen molar-refractivity contribution in [1.29, 1.82) is 0 Å². The van der Waals surface area contributed by atoms with E-state index >= 15 is 0 Å². The third kappa shape index (κ3) is 3.71. The number of pyridine rings is 1. The zero-order chi connectivity index (χ0) is 13.7. The van der Waals surface area contributed by atoms with Crippen molar-refractivity contribution in [2.45, 2.75) is 33.2 Å². The van der Waals surface area contributed by atoms with Crippen LogP contribution in [-0.2, 0) is 13.0 Å². The van der Waals surface area contributed by atoms with E-state index in [2.05, 4.69) is 41.5 Å². The Morgan fingerprint density at radius 2 is 1.74 bits per heavy atom. The molecule has 3 N–H and O–H groups in total. The zero-order valence-corrected chi connectivity index (χ0v) is 11.6. The van der Waals surface area contributed by atoms with Crippen molar-refractivity contribution >= 4 is 11.5 Å². The fourth-order valence-electron chi connectivity index (χ4n) is 1.98. The summed E-state index contributed by atoms with van der Waals surface area (Å²) in [5.74, 6) is 0.865. The molecule has 0 aliphatic rings. The Labute approximate surface area is 114 Å². The van der Waals surface area contributed by atoms with Crippen LogP contribution in [-0.4, -0.2) is 4.98 Å². The fraction of sp³-hybridized carbons (Fsp3) is 0.312. The van der Waals surface area contributed by atoms with Gasteiger partial charge in [0.1, 0.15) is 5.82 Å². The molecule has 3 heteroatoms. The highest BCUT2D eigenvalue weighted by Crippen LogP contribution is 2.13. The first-order valence-corrected chi connectivity index (χ1v) is 6.74. The topological polar surface area (TPSA) is 50.9 Å². The lowest BCUT2D eigenvalue weighted by Gasteiger charge is -2.08. The van der Waals surface area contributed by atoms with E-state index in [1.807, 2.05) is 19.1 Å². The van der Waals surface area contributed by atoms with Crippen molar-refractivity contribution in [1.82, 2.24) is 4.98 Å². The molecule has 0 spiro atoms. The Kier molecular flexibility index (Phi) is 4.39. The smallest absolute Gasteiger partial charge is 0.126 e. The van der Waals surface area contributed by atoms with Crippen LogP contribution in [0.25, 0.3) is 0 Å². The van der Waals surface area contributed by atoms with Crippen LogP contribution in [0, 0.1) is 6.92 Å². The van der Waals surface area contributed by atoms with Gasteiger partial charge >= 0.3 is 0 Å². The Balaban J connectivity index is 1.96. The molecular weight excluding hydrogens is 234 g/mol. The van der Waals surface area contributed by atoms with E-state index in [1.165, 1.54) is 17.5 Å². The van der Waals surface area contributed by atoms with Gasteiger partial charge in [-0.3, -0.25) is 0 Å². The van der Waals surface area contributed by atoms with Crippen LogP contribution < -0.4 is 11.1 Å². The fourth-order valence-corrected chi connectivity index (χ4v) is 1.98. The molecule has 0 saturated heterocycles. The summed E-state index contributed by atoms with van der Waals surface area (Å²) in [6, 6.07) is 12.5. The first kappa shape index (κ1) is 13.4. The van der Waals surface area contributed by atoms with Crippen LogP contribution in [0.1, 0.15) is 30.2 Å². The largest absolute Gasteiger partial charge is 0.397 e.